The van der Waals surface area contributed by atoms with Crippen molar-refractivity contribution in [3.8, 4) is 11.5 Å². The molecule has 0 atom stereocenters. The van der Waals surface area contributed by atoms with Crippen molar-refractivity contribution in [3.05, 3.63) is 52.5 Å². The number of rotatable bonds is 7. The van der Waals surface area contributed by atoms with Gasteiger partial charge in [0.25, 0.3) is 11.8 Å². The van der Waals surface area contributed by atoms with Crippen LogP contribution in [0.3, 0.4) is 0 Å². The summed E-state index contributed by atoms with van der Waals surface area (Å²) >= 11 is 1.37. The van der Waals surface area contributed by atoms with Crippen molar-refractivity contribution in [3.63, 3.8) is 0 Å². The smallest absolute Gasteiger partial charge is 0.261 e. The van der Waals surface area contributed by atoms with Gasteiger partial charge in [0.2, 0.25) is 5.91 Å². The second-order valence-corrected chi connectivity index (χ2v) is 7.29. The fourth-order valence-corrected chi connectivity index (χ4v) is 3.24. The highest BCUT2D eigenvalue weighted by atomic mass is 32.1. The van der Waals surface area contributed by atoms with E-state index in [0.29, 0.717) is 22.4 Å². The Morgan fingerprint density at radius 2 is 2.11 bits per heavy atom. The third kappa shape index (κ3) is 4.40. The van der Waals surface area contributed by atoms with Crippen molar-refractivity contribution >= 4 is 28.8 Å². The summed E-state index contributed by atoms with van der Waals surface area (Å²) in [6.07, 6.45) is 2.41. The van der Waals surface area contributed by atoms with Crippen LogP contribution in [0.15, 0.2) is 46.3 Å². The minimum atomic E-state index is -0.178. The molecule has 3 aromatic rings. The number of nitrogens with one attached hydrogen (secondary N) is 2. The Morgan fingerprint density at radius 1 is 1.22 bits per heavy atom. The number of aromatic nitrogens is 2. The van der Waals surface area contributed by atoms with Crippen molar-refractivity contribution in [1.82, 2.24) is 15.5 Å². The van der Waals surface area contributed by atoms with E-state index < -0.39 is 0 Å². The molecular formula is C19H18N4O3S. The van der Waals surface area contributed by atoms with E-state index in [4.69, 9.17) is 4.52 Å². The lowest BCUT2D eigenvalue weighted by Crippen LogP contribution is -2.27. The van der Waals surface area contributed by atoms with E-state index in [1.165, 1.54) is 11.3 Å². The molecule has 2 amide bonds. The van der Waals surface area contributed by atoms with Crippen LogP contribution < -0.4 is 10.6 Å². The predicted molar refractivity (Wildman–Crippen MR) is 102 cm³/mol. The van der Waals surface area contributed by atoms with E-state index in [9.17, 15) is 9.59 Å². The van der Waals surface area contributed by atoms with Gasteiger partial charge in [0.05, 0.1) is 4.88 Å². The van der Waals surface area contributed by atoms with Crippen LogP contribution in [0.25, 0.3) is 11.5 Å². The number of hydrogen-bond donors (Lipinski definition) is 2. The lowest BCUT2D eigenvalue weighted by molar-refractivity contribution is -0.116. The average molecular weight is 382 g/mol. The summed E-state index contributed by atoms with van der Waals surface area (Å²) in [6.45, 7) is 0.274. The molecule has 1 fully saturated rings. The molecule has 1 saturated carbocycles. The Labute approximate surface area is 159 Å². The first-order valence-corrected chi connectivity index (χ1v) is 9.62. The second-order valence-electron chi connectivity index (χ2n) is 6.34. The number of carbonyl (C=O) groups is 2. The molecular weight excluding hydrogens is 364 g/mol. The van der Waals surface area contributed by atoms with Crippen LogP contribution in [0, 0.1) is 0 Å². The molecule has 1 aromatic carbocycles. The molecule has 138 valence electrons. The van der Waals surface area contributed by atoms with Gasteiger partial charge in [-0.25, -0.2) is 0 Å². The number of amides is 2. The Balaban J connectivity index is 1.30. The largest absolute Gasteiger partial charge is 0.351 e. The zero-order valence-corrected chi connectivity index (χ0v) is 15.3. The third-order valence-corrected chi connectivity index (χ3v) is 5.03. The molecule has 1 aliphatic carbocycles. The Kier molecular flexibility index (Phi) is 4.97. The fraction of sp³-hybridized carbons (Fsp3) is 0.263. The molecule has 0 spiro atoms. The molecule has 0 unspecified atom stereocenters. The van der Waals surface area contributed by atoms with Gasteiger partial charge in [-0.15, -0.1) is 11.3 Å². The van der Waals surface area contributed by atoms with E-state index >= 15 is 0 Å². The van der Waals surface area contributed by atoms with Gasteiger partial charge in [0, 0.05) is 30.1 Å². The standard InChI is InChI=1S/C19H18N4O3S/c24-16(8-9-20-18(25)15-5-2-10-27-15)21-14-4-1-3-13(11-14)19-22-17(23-26-19)12-6-7-12/h1-5,10-12H,6-9H2,(H,20,25)(H,21,24). The van der Waals surface area contributed by atoms with Crippen LogP contribution in [0.2, 0.25) is 0 Å². The number of thiophene rings is 1. The lowest BCUT2D eigenvalue weighted by Gasteiger charge is -2.07. The molecule has 4 rings (SSSR count). The van der Waals surface area contributed by atoms with Gasteiger partial charge in [-0.2, -0.15) is 4.98 Å². The van der Waals surface area contributed by atoms with E-state index in [0.717, 1.165) is 24.2 Å². The number of nitrogens with zero attached hydrogens (tertiary/aromatic N) is 2. The van der Waals surface area contributed by atoms with Gasteiger partial charge >= 0.3 is 0 Å². The zero-order chi connectivity index (χ0) is 18.6. The quantitative estimate of drug-likeness (QED) is 0.652. The molecule has 0 saturated heterocycles. The highest BCUT2D eigenvalue weighted by Crippen LogP contribution is 2.38. The van der Waals surface area contributed by atoms with Crippen LogP contribution in [0.5, 0.6) is 0 Å². The van der Waals surface area contributed by atoms with E-state index in [1.54, 1.807) is 18.2 Å². The van der Waals surface area contributed by atoms with Gasteiger partial charge < -0.3 is 15.2 Å². The summed E-state index contributed by atoms with van der Waals surface area (Å²) in [7, 11) is 0. The van der Waals surface area contributed by atoms with Crippen LogP contribution >= 0.6 is 11.3 Å². The zero-order valence-electron chi connectivity index (χ0n) is 14.5. The molecule has 2 heterocycles. The molecule has 2 N–H and O–H groups in total. The van der Waals surface area contributed by atoms with Gasteiger partial charge in [0.15, 0.2) is 5.82 Å². The maximum Gasteiger partial charge on any atom is 0.261 e. The van der Waals surface area contributed by atoms with Crippen LogP contribution in [0.1, 0.15) is 40.7 Å². The number of benzene rings is 1. The van der Waals surface area contributed by atoms with Crippen LogP contribution in [-0.2, 0) is 4.79 Å². The maximum absolute atomic E-state index is 12.1. The molecule has 0 aliphatic heterocycles. The van der Waals surface area contributed by atoms with Crippen LogP contribution in [0.4, 0.5) is 5.69 Å². The van der Waals surface area contributed by atoms with E-state index in [-0.39, 0.29) is 24.8 Å². The van der Waals surface area contributed by atoms with Crippen LogP contribution in [-0.4, -0.2) is 28.5 Å². The third-order valence-electron chi connectivity index (χ3n) is 4.16. The molecule has 7 nitrogen and oxygen atoms in total. The minimum absolute atomic E-state index is 0.164. The Morgan fingerprint density at radius 3 is 2.89 bits per heavy atom. The van der Waals surface area contributed by atoms with E-state index in [2.05, 4.69) is 20.8 Å². The predicted octanol–water partition coefficient (Wildman–Crippen LogP) is 3.43. The van der Waals surface area contributed by atoms with E-state index in [1.807, 2.05) is 23.6 Å². The summed E-state index contributed by atoms with van der Waals surface area (Å²) in [6, 6.07) is 10.8. The minimum Gasteiger partial charge on any atom is -0.351 e. The van der Waals surface area contributed by atoms with Crippen molar-refractivity contribution in [2.24, 2.45) is 0 Å². The number of carbonyl (C=O) groups excluding carboxylic acids is 2. The molecule has 0 radical (unpaired) electrons. The first-order valence-electron chi connectivity index (χ1n) is 8.74. The highest BCUT2D eigenvalue weighted by Gasteiger charge is 2.29. The average Bonchev–Trinajstić information content (AvgIpc) is 3.17. The fourth-order valence-electron chi connectivity index (χ4n) is 2.60. The Hall–Kier alpha value is -3.00. The lowest BCUT2D eigenvalue weighted by atomic mass is 10.2. The van der Waals surface area contributed by atoms with Crippen molar-refractivity contribution in [2.45, 2.75) is 25.2 Å². The number of hydrogen-bond acceptors (Lipinski definition) is 6. The van der Waals surface area contributed by atoms with Gasteiger partial charge in [-0.3, -0.25) is 9.59 Å². The molecule has 2 aromatic heterocycles. The van der Waals surface area contributed by atoms with Gasteiger partial charge in [-0.05, 0) is 42.5 Å². The summed E-state index contributed by atoms with van der Waals surface area (Å²) in [5, 5.41) is 11.4. The second kappa shape index (κ2) is 7.71. The Bertz CT molecular complexity index is 948. The monoisotopic (exact) mass is 382 g/mol. The first-order chi connectivity index (χ1) is 13.2. The summed E-state index contributed by atoms with van der Waals surface area (Å²) in [5.41, 5.74) is 1.41. The van der Waals surface area contributed by atoms with Crippen molar-refractivity contribution < 1.29 is 14.1 Å². The highest BCUT2D eigenvalue weighted by molar-refractivity contribution is 7.12. The summed E-state index contributed by atoms with van der Waals surface area (Å²) in [5.74, 6) is 1.29. The number of anilines is 1. The SMILES string of the molecule is O=C(CCNC(=O)c1cccs1)Nc1cccc(-c2nc(C3CC3)no2)c1. The molecule has 8 heteroatoms. The summed E-state index contributed by atoms with van der Waals surface area (Å²) in [4.78, 5) is 29.0. The normalized spacial score (nSPS) is 13.3. The topological polar surface area (TPSA) is 97.1 Å². The van der Waals surface area contributed by atoms with Gasteiger partial charge in [0.1, 0.15) is 0 Å². The molecule has 0 bridgehead atoms. The molecule has 1 aliphatic rings. The first kappa shape index (κ1) is 17.4. The van der Waals surface area contributed by atoms with Crippen molar-refractivity contribution in [1.29, 1.82) is 0 Å². The van der Waals surface area contributed by atoms with Gasteiger partial charge in [-0.1, -0.05) is 17.3 Å². The maximum atomic E-state index is 12.1. The van der Waals surface area contributed by atoms with Crippen molar-refractivity contribution in [2.75, 3.05) is 11.9 Å². The molecule has 27 heavy (non-hydrogen) atoms. The summed E-state index contributed by atoms with van der Waals surface area (Å²) < 4.78 is 5.32.